The van der Waals surface area contributed by atoms with E-state index >= 15 is 0 Å². The van der Waals surface area contributed by atoms with Gasteiger partial charge in [0.1, 0.15) is 0 Å². The Bertz CT molecular complexity index is 1130. The van der Waals surface area contributed by atoms with Crippen molar-refractivity contribution in [3.8, 4) is 0 Å². The minimum Gasteiger partial charge on any atom is -0.449 e. The van der Waals surface area contributed by atoms with Gasteiger partial charge in [-0.15, -0.1) is 0 Å². The maximum atomic E-state index is 12.6. The van der Waals surface area contributed by atoms with Crippen LogP contribution < -0.4 is 5.32 Å². The van der Waals surface area contributed by atoms with Crippen LogP contribution >= 0.6 is 0 Å². The number of benzene rings is 3. The van der Waals surface area contributed by atoms with E-state index < -0.39 is 6.10 Å². The topological polar surface area (TPSA) is 71.0 Å². The van der Waals surface area contributed by atoms with Crippen LogP contribution in [0.15, 0.2) is 77.8 Å². The number of carbonyl (C=O) groups is 2. The van der Waals surface area contributed by atoms with Gasteiger partial charge in [-0.1, -0.05) is 48.5 Å². The lowest BCUT2D eigenvalue weighted by Crippen LogP contribution is -2.32. The molecule has 0 fully saturated rings. The lowest BCUT2D eigenvalue weighted by atomic mass is 9.99. The molecule has 0 aromatic heterocycles. The number of hydrogen-bond acceptors (Lipinski definition) is 5. The number of fused-ring (bicyclic) bond motifs is 1. The molecule has 0 aliphatic carbocycles. The maximum absolute atomic E-state index is 12.6. The Labute approximate surface area is 181 Å². The molecule has 0 spiro atoms. The third-order valence-corrected chi connectivity index (χ3v) is 5.22. The number of carbonyl (C=O) groups excluding carboxylic acids is 2. The van der Waals surface area contributed by atoms with Crippen molar-refractivity contribution in [1.82, 2.24) is 4.90 Å². The van der Waals surface area contributed by atoms with Crippen LogP contribution in [-0.2, 0) is 16.1 Å². The van der Waals surface area contributed by atoms with Crippen molar-refractivity contribution < 1.29 is 14.3 Å². The highest BCUT2D eigenvalue weighted by Crippen LogP contribution is 2.38. The Hall–Kier alpha value is -3.93. The van der Waals surface area contributed by atoms with Gasteiger partial charge in [0.05, 0.1) is 5.69 Å². The zero-order valence-electron chi connectivity index (χ0n) is 17.4. The molecule has 6 nitrogen and oxygen atoms in total. The SMILES string of the molecule is Cc1c(NC(=O)c2ccccc2)ccc2c1C(C=O)OC(N(C)Cc1ccccc1)=N2. The largest absolute Gasteiger partial charge is 0.449 e. The van der Waals surface area contributed by atoms with Crippen molar-refractivity contribution in [3.63, 3.8) is 0 Å². The Morgan fingerprint density at radius 1 is 1.06 bits per heavy atom. The lowest BCUT2D eigenvalue weighted by Gasteiger charge is -2.29. The van der Waals surface area contributed by atoms with Gasteiger partial charge in [-0.05, 0) is 42.3 Å². The predicted molar refractivity (Wildman–Crippen MR) is 120 cm³/mol. The molecule has 1 N–H and O–H groups in total. The second kappa shape index (κ2) is 8.83. The van der Waals surface area contributed by atoms with Crippen molar-refractivity contribution in [3.05, 3.63) is 95.1 Å². The van der Waals surface area contributed by atoms with Crippen LogP contribution in [0.1, 0.15) is 33.2 Å². The van der Waals surface area contributed by atoms with Gasteiger partial charge in [-0.3, -0.25) is 9.59 Å². The van der Waals surface area contributed by atoms with E-state index in [9.17, 15) is 9.59 Å². The van der Waals surface area contributed by atoms with E-state index in [0.29, 0.717) is 35.1 Å². The highest BCUT2D eigenvalue weighted by atomic mass is 16.5. The fourth-order valence-corrected chi connectivity index (χ4v) is 3.59. The summed E-state index contributed by atoms with van der Waals surface area (Å²) in [6.45, 7) is 2.46. The molecule has 3 aromatic carbocycles. The summed E-state index contributed by atoms with van der Waals surface area (Å²) < 4.78 is 5.92. The van der Waals surface area contributed by atoms with Gasteiger partial charge in [0.25, 0.3) is 11.9 Å². The minimum absolute atomic E-state index is 0.213. The number of nitrogens with one attached hydrogen (secondary N) is 1. The van der Waals surface area contributed by atoms with Crippen LogP contribution in [0.4, 0.5) is 11.4 Å². The molecular weight excluding hydrogens is 390 g/mol. The molecule has 0 saturated carbocycles. The monoisotopic (exact) mass is 413 g/mol. The number of aldehydes is 1. The average Bonchev–Trinajstić information content (AvgIpc) is 2.81. The molecular formula is C25H23N3O3. The highest BCUT2D eigenvalue weighted by molar-refractivity contribution is 6.05. The number of hydrogen-bond donors (Lipinski definition) is 1. The molecule has 1 aliphatic rings. The minimum atomic E-state index is -0.797. The first-order valence-electron chi connectivity index (χ1n) is 10.0. The smallest absolute Gasteiger partial charge is 0.293 e. The summed E-state index contributed by atoms with van der Waals surface area (Å²) in [6, 6.07) is 22.9. The summed E-state index contributed by atoms with van der Waals surface area (Å²) >= 11 is 0. The predicted octanol–water partition coefficient (Wildman–Crippen LogP) is 4.64. The quantitative estimate of drug-likeness (QED) is 0.619. The number of anilines is 1. The summed E-state index contributed by atoms with van der Waals surface area (Å²) in [7, 11) is 1.87. The zero-order valence-corrected chi connectivity index (χ0v) is 17.4. The summed E-state index contributed by atoms with van der Waals surface area (Å²) in [5.74, 6) is -0.213. The van der Waals surface area contributed by atoms with Gasteiger partial charge in [0.2, 0.25) is 0 Å². The van der Waals surface area contributed by atoms with Crippen LogP contribution in [0.3, 0.4) is 0 Å². The number of nitrogens with zero attached hydrogens (tertiary/aromatic N) is 2. The molecule has 3 aromatic rings. The van der Waals surface area contributed by atoms with Crippen molar-refractivity contribution in [2.24, 2.45) is 4.99 Å². The average molecular weight is 413 g/mol. The Morgan fingerprint density at radius 3 is 2.42 bits per heavy atom. The number of amidine groups is 1. The second-order valence-corrected chi connectivity index (χ2v) is 7.40. The molecule has 0 radical (unpaired) electrons. The first-order valence-corrected chi connectivity index (χ1v) is 10.0. The molecule has 1 heterocycles. The molecule has 31 heavy (non-hydrogen) atoms. The summed E-state index contributed by atoms with van der Waals surface area (Å²) in [4.78, 5) is 30.9. The third-order valence-electron chi connectivity index (χ3n) is 5.22. The Morgan fingerprint density at radius 2 is 1.74 bits per heavy atom. The van der Waals surface area contributed by atoms with Gasteiger partial charge >= 0.3 is 0 Å². The van der Waals surface area contributed by atoms with Crippen molar-refractivity contribution in [2.45, 2.75) is 19.6 Å². The number of ether oxygens (including phenoxy) is 1. The molecule has 6 heteroatoms. The van der Waals surface area contributed by atoms with Crippen molar-refractivity contribution in [1.29, 1.82) is 0 Å². The fourth-order valence-electron chi connectivity index (χ4n) is 3.59. The summed E-state index contributed by atoms with van der Waals surface area (Å²) in [5.41, 5.74) is 4.38. The van der Waals surface area contributed by atoms with Gasteiger partial charge in [0, 0.05) is 30.4 Å². The van der Waals surface area contributed by atoms with Gasteiger partial charge < -0.3 is 15.0 Å². The molecule has 1 atom stereocenters. The second-order valence-electron chi connectivity index (χ2n) is 7.40. The van der Waals surface area contributed by atoms with Crippen LogP contribution in [0.2, 0.25) is 0 Å². The summed E-state index contributed by atoms with van der Waals surface area (Å²) in [5, 5.41) is 2.92. The molecule has 156 valence electrons. The number of rotatable bonds is 5. The molecule has 1 aliphatic heterocycles. The fraction of sp³-hybridized carbons (Fsp3) is 0.160. The van der Waals surface area contributed by atoms with Crippen molar-refractivity contribution >= 4 is 29.6 Å². The number of amides is 1. The molecule has 1 amide bonds. The normalized spacial score (nSPS) is 14.6. The summed E-state index contributed by atoms with van der Waals surface area (Å²) in [6.07, 6.45) is -0.0334. The molecule has 0 saturated heterocycles. The van der Waals surface area contributed by atoms with Crippen LogP contribution in [0.25, 0.3) is 0 Å². The Kier molecular flexibility index (Phi) is 5.80. The molecule has 0 bridgehead atoms. The Balaban J connectivity index is 1.61. The molecule has 1 unspecified atom stereocenters. The molecule has 4 rings (SSSR count). The third kappa shape index (κ3) is 4.33. The van der Waals surface area contributed by atoms with Gasteiger partial charge in [-0.25, -0.2) is 0 Å². The highest BCUT2D eigenvalue weighted by Gasteiger charge is 2.28. The van der Waals surface area contributed by atoms with Crippen LogP contribution in [0, 0.1) is 6.92 Å². The van der Waals surface area contributed by atoms with Crippen molar-refractivity contribution in [2.75, 3.05) is 12.4 Å². The first kappa shape index (κ1) is 20.3. The van der Waals surface area contributed by atoms with E-state index in [4.69, 9.17) is 4.74 Å². The van der Waals surface area contributed by atoms with E-state index in [1.165, 1.54) is 0 Å². The van der Waals surface area contributed by atoms with Gasteiger partial charge in [0.15, 0.2) is 12.4 Å². The first-order chi connectivity index (χ1) is 15.1. The van der Waals surface area contributed by atoms with E-state index in [-0.39, 0.29) is 5.91 Å². The van der Waals surface area contributed by atoms with E-state index in [0.717, 1.165) is 17.4 Å². The van der Waals surface area contributed by atoms with Gasteiger partial charge in [-0.2, -0.15) is 4.99 Å². The lowest BCUT2D eigenvalue weighted by molar-refractivity contribution is -0.114. The zero-order chi connectivity index (χ0) is 21.8. The van der Waals surface area contributed by atoms with E-state index in [2.05, 4.69) is 10.3 Å². The maximum Gasteiger partial charge on any atom is 0.293 e. The number of aliphatic imine (C=N–C) groups is 1. The standard InChI is InChI=1S/C25H23N3O3/c1-17-20(26-24(30)19-11-7-4-8-12-19)13-14-21-23(17)22(16-29)31-25(27-21)28(2)15-18-9-5-3-6-10-18/h3-14,16,22H,15H2,1-2H3,(H,26,30). The van der Waals surface area contributed by atoms with E-state index in [1.807, 2.05) is 67.4 Å². The van der Waals surface area contributed by atoms with Crippen LogP contribution in [-0.4, -0.2) is 30.2 Å². The van der Waals surface area contributed by atoms with Crippen LogP contribution in [0.5, 0.6) is 0 Å². The van der Waals surface area contributed by atoms with E-state index in [1.54, 1.807) is 24.3 Å².